The van der Waals surface area contributed by atoms with Crippen molar-refractivity contribution < 1.29 is 4.79 Å². The zero-order chi connectivity index (χ0) is 17.0. The summed E-state index contributed by atoms with van der Waals surface area (Å²) in [4.78, 5) is 17.1. The Kier molecular flexibility index (Phi) is 5.82. The molecule has 4 heteroatoms. The number of carbonyl (C=O) groups is 1. The maximum atomic E-state index is 12.3. The van der Waals surface area contributed by atoms with Crippen LogP contribution in [-0.4, -0.2) is 53.5 Å². The van der Waals surface area contributed by atoms with Gasteiger partial charge in [-0.2, -0.15) is 0 Å². The Balaban J connectivity index is 1.84. The van der Waals surface area contributed by atoms with Crippen LogP contribution >= 0.6 is 0 Å². The standard InChI is InChI=1S/C19H31N3O/c1-15-8-6-7-9-17(15)14-21-10-12-22(13-11-21)16(2)18(23)20-19(3,4)5/h6-9,16H,10-14H2,1-5H3,(H,20,23). The van der Waals surface area contributed by atoms with Gasteiger partial charge < -0.3 is 5.32 Å². The number of hydrogen-bond donors (Lipinski definition) is 1. The van der Waals surface area contributed by atoms with Crippen molar-refractivity contribution in [2.24, 2.45) is 0 Å². The second kappa shape index (κ2) is 7.45. The van der Waals surface area contributed by atoms with Gasteiger partial charge in [0.15, 0.2) is 0 Å². The summed E-state index contributed by atoms with van der Waals surface area (Å²) >= 11 is 0. The molecule has 1 saturated heterocycles. The largest absolute Gasteiger partial charge is 0.350 e. The molecule has 4 nitrogen and oxygen atoms in total. The van der Waals surface area contributed by atoms with Gasteiger partial charge in [0.05, 0.1) is 6.04 Å². The molecule has 1 amide bonds. The minimum Gasteiger partial charge on any atom is -0.350 e. The lowest BCUT2D eigenvalue weighted by Crippen LogP contribution is -2.56. The lowest BCUT2D eigenvalue weighted by Gasteiger charge is -2.38. The van der Waals surface area contributed by atoms with Gasteiger partial charge in [-0.3, -0.25) is 14.6 Å². The van der Waals surface area contributed by atoms with Crippen LogP contribution in [0.3, 0.4) is 0 Å². The molecular formula is C19H31N3O. The Hall–Kier alpha value is -1.39. The number of piperazine rings is 1. The second-order valence-corrected chi connectivity index (χ2v) is 7.65. The third kappa shape index (κ3) is 5.33. The van der Waals surface area contributed by atoms with Gasteiger partial charge in [-0.1, -0.05) is 24.3 Å². The Morgan fingerprint density at radius 3 is 2.35 bits per heavy atom. The Labute approximate surface area is 140 Å². The summed E-state index contributed by atoms with van der Waals surface area (Å²) in [6, 6.07) is 8.52. The second-order valence-electron chi connectivity index (χ2n) is 7.65. The molecule has 1 unspecified atom stereocenters. The number of amides is 1. The molecule has 0 spiro atoms. The lowest BCUT2D eigenvalue weighted by molar-refractivity contribution is -0.128. The van der Waals surface area contributed by atoms with Crippen LogP contribution in [0.1, 0.15) is 38.8 Å². The van der Waals surface area contributed by atoms with E-state index in [9.17, 15) is 4.79 Å². The maximum absolute atomic E-state index is 12.3. The summed E-state index contributed by atoms with van der Waals surface area (Å²) < 4.78 is 0. The minimum atomic E-state index is -0.169. The van der Waals surface area contributed by atoms with Gasteiger partial charge in [0.2, 0.25) is 5.91 Å². The van der Waals surface area contributed by atoms with E-state index in [-0.39, 0.29) is 17.5 Å². The predicted octanol–water partition coefficient (Wildman–Crippen LogP) is 2.42. The molecule has 1 atom stereocenters. The summed E-state index contributed by atoms with van der Waals surface area (Å²) in [5.41, 5.74) is 2.59. The normalized spacial score (nSPS) is 18.7. The van der Waals surface area contributed by atoms with E-state index in [1.54, 1.807) is 0 Å². The molecule has 1 aliphatic rings. The van der Waals surface area contributed by atoms with Crippen molar-refractivity contribution in [2.45, 2.75) is 52.7 Å². The first-order valence-electron chi connectivity index (χ1n) is 8.59. The highest BCUT2D eigenvalue weighted by Crippen LogP contribution is 2.14. The van der Waals surface area contributed by atoms with E-state index in [0.29, 0.717) is 0 Å². The van der Waals surface area contributed by atoms with Crippen LogP contribution in [0.15, 0.2) is 24.3 Å². The molecule has 0 aromatic heterocycles. The fraction of sp³-hybridized carbons (Fsp3) is 0.632. The fourth-order valence-corrected chi connectivity index (χ4v) is 2.98. The molecule has 0 saturated carbocycles. The summed E-state index contributed by atoms with van der Waals surface area (Å²) in [5.74, 6) is 0.129. The van der Waals surface area contributed by atoms with E-state index in [4.69, 9.17) is 0 Å². The molecule has 1 aromatic rings. The number of rotatable bonds is 4. The van der Waals surface area contributed by atoms with Crippen LogP contribution < -0.4 is 5.32 Å². The van der Waals surface area contributed by atoms with Gasteiger partial charge in [0.1, 0.15) is 0 Å². The molecule has 0 bridgehead atoms. The summed E-state index contributed by atoms with van der Waals surface area (Å²) in [6.07, 6.45) is 0. The first kappa shape index (κ1) is 18.0. The van der Waals surface area contributed by atoms with Gasteiger partial charge in [0, 0.05) is 38.3 Å². The Bertz CT molecular complexity index is 528. The summed E-state index contributed by atoms with van der Waals surface area (Å²) in [7, 11) is 0. The molecule has 2 rings (SSSR count). The third-order valence-corrected chi connectivity index (χ3v) is 4.49. The van der Waals surface area contributed by atoms with Crippen LogP contribution in [0.25, 0.3) is 0 Å². The van der Waals surface area contributed by atoms with E-state index >= 15 is 0 Å². The molecule has 1 aromatic carbocycles. The third-order valence-electron chi connectivity index (χ3n) is 4.49. The van der Waals surface area contributed by atoms with Crippen LogP contribution in [0.5, 0.6) is 0 Å². The van der Waals surface area contributed by atoms with E-state index < -0.39 is 0 Å². The number of benzene rings is 1. The van der Waals surface area contributed by atoms with Gasteiger partial charge in [-0.15, -0.1) is 0 Å². The number of nitrogens with zero attached hydrogens (tertiary/aromatic N) is 2. The van der Waals surface area contributed by atoms with E-state index in [1.807, 2.05) is 27.7 Å². The molecule has 1 heterocycles. The van der Waals surface area contributed by atoms with Crippen molar-refractivity contribution in [1.82, 2.24) is 15.1 Å². The van der Waals surface area contributed by atoms with Gasteiger partial charge in [0.25, 0.3) is 0 Å². The smallest absolute Gasteiger partial charge is 0.237 e. The first-order chi connectivity index (χ1) is 10.8. The van der Waals surface area contributed by atoms with Crippen molar-refractivity contribution in [2.75, 3.05) is 26.2 Å². The molecular weight excluding hydrogens is 286 g/mol. The highest BCUT2D eigenvalue weighted by Gasteiger charge is 2.27. The zero-order valence-electron chi connectivity index (χ0n) is 15.2. The number of nitrogens with one attached hydrogen (secondary N) is 1. The Morgan fingerprint density at radius 1 is 1.17 bits per heavy atom. The van der Waals surface area contributed by atoms with E-state index in [0.717, 1.165) is 32.7 Å². The van der Waals surface area contributed by atoms with Crippen LogP contribution in [0, 0.1) is 6.92 Å². The quantitative estimate of drug-likeness (QED) is 0.926. The highest BCUT2D eigenvalue weighted by atomic mass is 16.2. The lowest BCUT2D eigenvalue weighted by atomic mass is 10.1. The van der Waals surface area contributed by atoms with E-state index in [2.05, 4.69) is 46.3 Å². The minimum absolute atomic E-state index is 0.0603. The number of hydrogen-bond acceptors (Lipinski definition) is 3. The topological polar surface area (TPSA) is 35.6 Å². The molecule has 1 fully saturated rings. The van der Waals surface area contributed by atoms with Crippen molar-refractivity contribution in [3.63, 3.8) is 0 Å². The van der Waals surface area contributed by atoms with Crippen molar-refractivity contribution >= 4 is 5.91 Å². The van der Waals surface area contributed by atoms with Crippen molar-refractivity contribution in [3.8, 4) is 0 Å². The molecule has 0 aliphatic carbocycles. The monoisotopic (exact) mass is 317 g/mol. The summed E-state index contributed by atoms with van der Waals surface area (Å²) in [5, 5.41) is 3.08. The van der Waals surface area contributed by atoms with Gasteiger partial charge >= 0.3 is 0 Å². The fourth-order valence-electron chi connectivity index (χ4n) is 2.98. The predicted molar refractivity (Wildman–Crippen MR) is 95.4 cm³/mol. The highest BCUT2D eigenvalue weighted by molar-refractivity contribution is 5.81. The molecule has 1 aliphatic heterocycles. The number of carbonyl (C=O) groups excluding carboxylic acids is 1. The maximum Gasteiger partial charge on any atom is 0.237 e. The van der Waals surface area contributed by atoms with Crippen LogP contribution in [0.2, 0.25) is 0 Å². The van der Waals surface area contributed by atoms with Gasteiger partial charge in [-0.25, -0.2) is 0 Å². The average molecular weight is 317 g/mol. The first-order valence-corrected chi connectivity index (χ1v) is 8.59. The molecule has 23 heavy (non-hydrogen) atoms. The van der Waals surface area contributed by atoms with Crippen molar-refractivity contribution in [1.29, 1.82) is 0 Å². The molecule has 1 N–H and O–H groups in total. The van der Waals surface area contributed by atoms with Gasteiger partial charge in [-0.05, 0) is 45.7 Å². The zero-order valence-corrected chi connectivity index (χ0v) is 15.2. The molecule has 0 radical (unpaired) electrons. The summed E-state index contributed by atoms with van der Waals surface area (Å²) in [6.45, 7) is 15.2. The number of aryl methyl sites for hydroxylation is 1. The van der Waals surface area contributed by atoms with Crippen LogP contribution in [0.4, 0.5) is 0 Å². The van der Waals surface area contributed by atoms with E-state index in [1.165, 1.54) is 11.1 Å². The van der Waals surface area contributed by atoms with Crippen molar-refractivity contribution in [3.05, 3.63) is 35.4 Å². The average Bonchev–Trinajstić information content (AvgIpc) is 2.48. The SMILES string of the molecule is Cc1ccccc1CN1CCN(C(C)C(=O)NC(C)(C)C)CC1. The Morgan fingerprint density at radius 2 is 1.78 bits per heavy atom. The molecule has 128 valence electrons. The van der Waals surface area contributed by atoms with Crippen LogP contribution in [-0.2, 0) is 11.3 Å².